The van der Waals surface area contributed by atoms with Gasteiger partial charge in [0.1, 0.15) is 5.75 Å². The van der Waals surface area contributed by atoms with Crippen molar-refractivity contribution in [3.8, 4) is 5.75 Å². The second-order valence-corrected chi connectivity index (χ2v) is 5.86. The van der Waals surface area contributed by atoms with Crippen LogP contribution in [0.25, 0.3) is 0 Å². The minimum Gasteiger partial charge on any atom is -0.497 e. The largest absolute Gasteiger partial charge is 0.497 e. The van der Waals surface area contributed by atoms with Gasteiger partial charge in [-0.25, -0.2) is 0 Å². The summed E-state index contributed by atoms with van der Waals surface area (Å²) in [6.07, 6.45) is 0. The van der Waals surface area contributed by atoms with Crippen molar-refractivity contribution in [2.24, 2.45) is 0 Å². The third kappa shape index (κ3) is 2.90. The van der Waals surface area contributed by atoms with E-state index in [-0.39, 0.29) is 11.2 Å². The number of ketones is 1. The Kier molecular flexibility index (Phi) is 3.93. The molecular weight excluding hydrogens is 248 g/mol. The first-order valence-electron chi connectivity index (χ1n) is 6.72. The fourth-order valence-electron chi connectivity index (χ4n) is 2.25. The maximum atomic E-state index is 12.7. The molecule has 104 valence electrons. The van der Waals surface area contributed by atoms with E-state index in [2.05, 4.69) is 20.8 Å². The second kappa shape index (κ2) is 5.49. The topological polar surface area (TPSA) is 26.3 Å². The third-order valence-corrected chi connectivity index (χ3v) is 3.31. The summed E-state index contributed by atoms with van der Waals surface area (Å²) in [5.74, 6) is 0.735. The molecule has 2 nitrogen and oxygen atoms in total. The Morgan fingerprint density at radius 1 is 1.00 bits per heavy atom. The zero-order valence-corrected chi connectivity index (χ0v) is 12.4. The van der Waals surface area contributed by atoms with Gasteiger partial charge >= 0.3 is 0 Å². The Balaban J connectivity index is 2.48. The fraction of sp³-hybridized carbons (Fsp3) is 0.278. The molecule has 20 heavy (non-hydrogen) atoms. The summed E-state index contributed by atoms with van der Waals surface area (Å²) in [4.78, 5) is 12.7. The van der Waals surface area contributed by atoms with Crippen molar-refractivity contribution >= 4 is 5.78 Å². The van der Waals surface area contributed by atoms with Crippen LogP contribution in [0.1, 0.15) is 42.3 Å². The standard InChI is InChI=1S/C18H20O2/c1-18(2,3)16-11-6-5-10-15(16)17(19)13-8-7-9-14(12-13)20-4/h5-12H,1-4H3. The predicted octanol–water partition coefficient (Wildman–Crippen LogP) is 4.22. The molecule has 0 aliphatic carbocycles. The molecule has 0 radical (unpaired) electrons. The molecule has 0 N–H and O–H groups in total. The van der Waals surface area contributed by atoms with Crippen LogP contribution in [0.4, 0.5) is 0 Å². The van der Waals surface area contributed by atoms with Crippen LogP contribution in [0.3, 0.4) is 0 Å². The lowest BCUT2D eigenvalue weighted by molar-refractivity contribution is 0.103. The van der Waals surface area contributed by atoms with E-state index in [1.54, 1.807) is 13.2 Å². The molecule has 2 heteroatoms. The molecule has 0 unspecified atom stereocenters. The van der Waals surface area contributed by atoms with E-state index in [1.165, 1.54) is 0 Å². The molecular formula is C18H20O2. The maximum Gasteiger partial charge on any atom is 0.193 e. The van der Waals surface area contributed by atoms with E-state index in [4.69, 9.17) is 4.74 Å². The van der Waals surface area contributed by atoms with Crippen molar-refractivity contribution in [2.45, 2.75) is 26.2 Å². The normalized spacial score (nSPS) is 11.2. The highest BCUT2D eigenvalue weighted by molar-refractivity contribution is 6.10. The van der Waals surface area contributed by atoms with E-state index < -0.39 is 0 Å². The molecule has 0 bridgehead atoms. The highest BCUT2D eigenvalue weighted by Gasteiger charge is 2.22. The first-order chi connectivity index (χ1) is 9.43. The molecule has 0 aliphatic heterocycles. The van der Waals surface area contributed by atoms with Crippen LogP contribution < -0.4 is 4.74 Å². The van der Waals surface area contributed by atoms with Gasteiger partial charge in [-0.05, 0) is 23.1 Å². The first kappa shape index (κ1) is 14.3. The van der Waals surface area contributed by atoms with Crippen LogP contribution in [0.5, 0.6) is 5.75 Å². The van der Waals surface area contributed by atoms with Gasteiger partial charge in [0.05, 0.1) is 7.11 Å². The lowest BCUT2D eigenvalue weighted by Gasteiger charge is -2.22. The molecule has 0 fully saturated rings. The van der Waals surface area contributed by atoms with Crippen LogP contribution in [0.15, 0.2) is 48.5 Å². The van der Waals surface area contributed by atoms with E-state index in [1.807, 2.05) is 42.5 Å². The molecule has 0 spiro atoms. The van der Waals surface area contributed by atoms with Crippen LogP contribution in [0, 0.1) is 0 Å². The van der Waals surface area contributed by atoms with Crippen molar-refractivity contribution < 1.29 is 9.53 Å². The van der Waals surface area contributed by atoms with E-state index >= 15 is 0 Å². The van der Waals surface area contributed by atoms with Gasteiger partial charge in [-0.15, -0.1) is 0 Å². The number of benzene rings is 2. The van der Waals surface area contributed by atoms with Crippen molar-refractivity contribution in [3.63, 3.8) is 0 Å². The van der Waals surface area contributed by atoms with Crippen molar-refractivity contribution in [2.75, 3.05) is 7.11 Å². The first-order valence-corrected chi connectivity index (χ1v) is 6.72. The maximum absolute atomic E-state index is 12.7. The van der Waals surface area contributed by atoms with Gasteiger partial charge in [-0.1, -0.05) is 57.2 Å². The molecule has 0 saturated carbocycles. The van der Waals surface area contributed by atoms with E-state index in [0.717, 1.165) is 11.1 Å². The number of carbonyl (C=O) groups excluding carboxylic acids is 1. The molecule has 0 amide bonds. The minimum absolute atomic E-state index is 0.0365. The summed E-state index contributed by atoms with van der Waals surface area (Å²) in [5.41, 5.74) is 2.41. The van der Waals surface area contributed by atoms with Gasteiger partial charge in [0.15, 0.2) is 5.78 Å². The molecule has 2 rings (SSSR count). The van der Waals surface area contributed by atoms with Gasteiger partial charge < -0.3 is 4.74 Å². The number of hydrogen-bond acceptors (Lipinski definition) is 2. The number of rotatable bonds is 3. The lowest BCUT2D eigenvalue weighted by atomic mass is 9.82. The third-order valence-electron chi connectivity index (χ3n) is 3.31. The molecule has 0 aliphatic rings. The molecule has 2 aromatic carbocycles. The van der Waals surface area contributed by atoms with Crippen LogP contribution in [-0.4, -0.2) is 12.9 Å². The number of carbonyl (C=O) groups is 1. The lowest BCUT2D eigenvalue weighted by Crippen LogP contribution is -2.17. The summed E-state index contributed by atoms with van der Waals surface area (Å²) in [6.45, 7) is 6.35. The van der Waals surface area contributed by atoms with Gasteiger partial charge in [0.2, 0.25) is 0 Å². The quantitative estimate of drug-likeness (QED) is 0.779. The fourth-order valence-corrected chi connectivity index (χ4v) is 2.25. The zero-order valence-electron chi connectivity index (χ0n) is 12.4. The van der Waals surface area contributed by atoms with Crippen molar-refractivity contribution in [1.82, 2.24) is 0 Å². The summed E-state index contributed by atoms with van der Waals surface area (Å²) >= 11 is 0. The Hall–Kier alpha value is -2.09. The summed E-state index contributed by atoms with van der Waals surface area (Å²) in [5, 5.41) is 0. The Labute approximate surface area is 120 Å². The average molecular weight is 268 g/mol. The molecule has 0 heterocycles. The highest BCUT2D eigenvalue weighted by Crippen LogP contribution is 2.28. The van der Waals surface area contributed by atoms with Gasteiger partial charge in [0.25, 0.3) is 0 Å². The summed E-state index contributed by atoms with van der Waals surface area (Å²) < 4.78 is 5.19. The van der Waals surface area contributed by atoms with Gasteiger partial charge in [0, 0.05) is 11.1 Å². The second-order valence-electron chi connectivity index (χ2n) is 5.86. The Bertz CT molecular complexity index is 621. The van der Waals surface area contributed by atoms with Crippen LogP contribution in [0.2, 0.25) is 0 Å². The number of methoxy groups -OCH3 is 1. The monoisotopic (exact) mass is 268 g/mol. The summed E-state index contributed by atoms with van der Waals surface area (Å²) in [6, 6.07) is 15.1. The van der Waals surface area contributed by atoms with Crippen molar-refractivity contribution in [3.05, 3.63) is 65.2 Å². The smallest absolute Gasteiger partial charge is 0.193 e. The zero-order chi connectivity index (χ0) is 14.8. The number of ether oxygens (including phenoxy) is 1. The van der Waals surface area contributed by atoms with Crippen molar-refractivity contribution in [1.29, 1.82) is 0 Å². The van der Waals surface area contributed by atoms with Crippen LogP contribution >= 0.6 is 0 Å². The molecule has 0 saturated heterocycles. The van der Waals surface area contributed by atoms with E-state index in [0.29, 0.717) is 11.3 Å². The number of hydrogen-bond donors (Lipinski definition) is 0. The van der Waals surface area contributed by atoms with Crippen LogP contribution in [-0.2, 0) is 5.41 Å². The average Bonchev–Trinajstić information content (AvgIpc) is 2.45. The highest BCUT2D eigenvalue weighted by atomic mass is 16.5. The SMILES string of the molecule is COc1cccc(C(=O)c2ccccc2C(C)(C)C)c1. The molecule has 2 aromatic rings. The Morgan fingerprint density at radius 3 is 2.35 bits per heavy atom. The predicted molar refractivity (Wildman–Crippen MR) is 81.6 cm³/mol. The molecule has 0 aromatic heterocycles. The summed E-state index contributed by atoms with van der Waals surface area (Å²) in [7, 11) is 1.60. The van der Waals surface area contributed by atoms with Gasteiger partial charge in [-0.3, -0.25) is 4.79 Å². The minimum atomic E-state index is -0.0644. The Morgan fingerprint density at radius 2 is 1.70 bits per heavy atom. The van der Waals surface area contributed by atoms with Gasteiger partial charge in [-0.2, -0.15) is 0 Å². The molecule has 0 atom stereocenters. The van der Waals surface area contributed by atoms with E-state index in [9.17, 15) is 4.79 Å².